The maximum absolute atomic E-state index is 13.3. The van der Waals surface area contributed by atoms with Gasteiger partial charge in [0, 0.05) is 37.1 Å². The van der Waals surface area contributed by atoms with Crippen LogP contribution in [0.2, 0.25) is 5.02 Å². The van der Waals surface area contributed by atoms with Crippen LogP contribution in [0.5, 0.6) is 0 Å². The zero-order valence-electron chi connectivity index (χ0n) is 22.4. The van der Waals surface area contributed by atoms with Crippen molar-refractivity contribution in [2.24, 2.45) is 17.8 Å². The Labute approximate surface area is 229 Å². The lowest BCUT2D eigenvalue weighted by molar-refractivity contribution is -0.0346. The normalized spacial score (nSPS) is 22.6. The van der Waals surface area contributed by atoms with E-state index in [-0.39, 0.29) is 37.6 Å². The van der Waals surface area contributed by atoms with Crippen molar-refractivity contribution in [1.29, 1.82) is 0 Å². The van der Waals surface area contributed by atoms with Crippen LogP contribution in [0.4, 0.5) is 14.4 Å². The highest BCUT2D eigenvalue weighted by molar-refractivity contribution is 6.30. The van der Waals surface area contributed by atoms with Crippen LogP contribution in [0.25, 0.3) is 0 Å². The Kier molecular flexibility index (Phi) is 11.3. The lowest BCUT2D eigenvalue weighted by atomic mass is 9.86. The van der Waals surface area contributed by atoms with Crippen molar-refractivity contribution < 1.29 is 33.7 Å². The number of alkyl carbamates (subject to hydrolysis) is 1. The molecule has 0 saturated carbocycles. The molecular formula is C27H40ClN3O7. The van der Waals surface area contributed by atoms with Crippen molar-refractivity contribution in [2.45, 2.75) is 51.7 Å². The molecule has 0 bridgehead atoms. The summed E-state index contributed by atoms with van der Waals surface area (Å²) in [5.41, 5.74) is 0.900. The molecule has 0 aliphatic carbocycles. The van der Waals surface area contributed by atoms with Gasteiger partial charge in [0.25, 0.3) is 0 Å². The SMILES string of the molecule is COC(=O)NCCO[C@@H](c1cccc(Cl)c1)C1CCCN(C(=O)OC2CN(C(=O)O)CCC2CC(C)C)C1. The van der Waals surface area contributed by atoms with Gasteiger partial charge in [0.2, 0.25) is 0 Å². The molecule has 1 aromatic carbocycles. The molecular weight excluding hydrogens is 514 g/mol. The number of likely N-dealkylation sites (tertiary alicyclic amines) is 2. The van der Waals surface area contributed by atoms with E-state index in [2.05, 4.69) is 23.9 Å². The second-order valence-corrected chi connectivity index (χ2v) is 10.9. The number of amides is 3. The molecule has 4 atom stereocenters. The number of ether oxygens (including phenoxy) is 3. The molecule has 0 aromatic heterocycles. The predicted molar refractivity (Wildman–Crippen MR) is 142 cm³/mol. The summed E-state index contributed by atoms with van der Waals surface area (Å²) in [5.74, 6) is 0.530. The molecule has 3 rings (SSSR count). The average molecular weight is 554 g/mol. The number of nitrogens with zero attached hydrogens (tertiary/aromatic N) is 2. The van der Waals surface area contributed by atoms with Crippen LogP contribution >= 0.6 is 11.6 Å². The molecule has 2 saturated heterocycles. The molecule has 3 unspecified atom stereocenters. The van der Waals surface area contributed by atoms with Gasteiger partial charge < -0.3 is 34.4 Å². The number of carbonyl (C=O) groups is 3. The van der Waals surface area contributed by atoms with Gasteiger partial charge in [0.1, 0.15) is 6.10 Å². The van der Waals surface area contributed by atoms with Crippen LogP contribution in [0, 0.1) is 17.8 Å². The van der Waals surface area contributed by atoms with Crippen molar-refractivity contribution in [3.05, 3.63) is 34.9 Å². The van der Waals surface area contributed by atoms with Crippen LogP contribution in [0.1, 0.15) is 51.2 Å². The fraction of sp³-hybridized carbons (Fsp3) is 0.667. The Balaban J connectivity index is 1.68. The summed E-state index contributed by atoms with van der Waals surface area (Å²) in [4.78, 5) is 39.3. The van der Waals surface area contributed by atoms with Gasteiger partial charge in [0.05, 0.1) is 26.4 Å². The molecule has 0 spiro atoms. The van der Waals surface area contributed by atoms with Crippen molar-refractivity contribution in [2.75, 3.05) is 46.4 Å². The quantitative estimate of drug-likeness (QED) is 0.412. The largest absolute Gasteiger partial charge is 0.465 e. The first kappa shape index (κ1) is 29.8. The van der Waals surface area contributed by atoms with E-state index in [9.17, 15) is 19.5 Å². The molecule has 1 aromatic rings. The number of hydrogen-bond donors (Lipinski definition) is 2. The molecule has 11 heteroatoms. The topological polar surface area (TPSA) is 118 Å². The van der Waals surface area contributed by atoms with E-state index >= 15 is 0 Å². The third-order valence-corrected chi connectivity index (χ3v) is 7.40. The maximum atomic E-state index is 13.3. The standard InChI is InChI=1S/C27H40ClN3O7/c1-18(2)14-19-9-12-30(26(33)34)17-23(19)38-27(35)31-11-5-7-21(16-31)24(20-6-4-8-22(28)15-20)37-13-10-29-25(32)36-3/h4,6,8,15,18-19,21,23-24H,5,7,9-14,16-17H2,1-3H3,(H,29,32)(H,33,34)/t19?,21?,23?,24-/m0/s1. The Morgan fingerprint density at radius 2 is 1.95 bits per heavy atom. The number of rotatable bonds is 9. The number of carboxylic acid groups (broad SMARTS) is 1. The molecule has 2 N–H and O–H groups in total. The fourth-order valence-electron chi connectivity index (χ4n) is 5.37. The van der Waals surface area contributed by atoms with Gasteiger partial charge in [0.15, 0.2) is 0 Å². The van der Waals surface area contributed by atoms with Crippen LogP contribution in [0.3, 0.4) is 0 Å². The first-order chi connectivity index (χ1) is 18.2. The summed E-state index contributed by atoms with van der Waals surface area (Å²) < 4.78 is 16.8. The van der Waals surface area contributed by atoms with E-state index in [0.29, 0.717) is 37.0 Å². The van der Waals surface area contributed by atoms with Crippen LogP contribution < -0.4 is 5.32 Å². The zero-order valence-corrected chi connectivity index (χ0v) is 23.2. The lowest BCUT2D eigenvalue weighted by Crippen LogP contribution is -2.50. The summed E-state index contributed by atoms with van der Waals surface area (Å²) >= 11 is 6.26. The Hall–Kier alpha value is -2.72. The average Bonchev–Trinajstić information content (AvgIpc) is 2.89. The van der Waals surface area contributed by atoms with Gasteiger partial charge in [-0.05, 0) is 55.2 Å². The fourth-order valence-corrected chi connectivity index (χ4v) is 5.57. The monoisotopic (exact) mass is 553 g/mol. The van der Waals surface area contributed by atoms with E-state index in [1.165, 1.54) is 12.0 Å². The molecule has 0 radical (unpaired) electrons. The second kappa shape index (κ2) is 14.4. The molecule has 212 valence electrons. The third-order valence-electron chi connectivity index (χ3n) is 7.17. The number of piperidine rings is 2. The number of carbonyl (C=O) groups excluding carboxylic acids is 2. The summed E-state index contributed by atoms with van der Waals surface area (Å²) in [6.45, 7) is 6.42. The molecule has 2 aliphatic rings. The van der Waals surface area contributed by atoms with E-state index in [1.807, 2.05) is 18.2 Å². The summed E-state index contributed by atoms with van der Waals surface area (Å²) in [6.07, 6.45) is 0.425. The minimum absolute atomic E-state index is 0.0128. The van der Waals surface area contributed by atoms with Gasteiger partial charge in [-0.2, -0.15) is 0 Å². The molecule has 3 amide bonds. The van der Waals surface area contributed by atoms with Gasteiger partial charge in [-0.15, -0.1) is 0 Å². The minimum Gasteiger partial charge on any atom is -0.465 e. The Bertz CT molecular complexity index is 947. The number of benzene rings is 1. The van der Waals surface area contributed by atoms with Crippen molar-refractivity contribution in [3.63, 3.8) is 0 Å². The highest BCUT2D eigenvalue weighted by Gasteiger charge is 2.37. The van der Waals surface area contributed by atoms with Gasteiger partial charge >= 0.3 is 18.3 Å². The van der Waals surface area contributed by atoms with Gasteiger partial charge in [-0.1, -0.05) is 37.6 Å². The van der Waals surface area contributed by atoms with E-state index in [0.717, 1.165) is 24.8 Å². The van der Waals surface area contributed by atoms with Gasteiger partial charge in [-0.3, -0.25) is 0 Å². The maximum Gasteiger partial charge on any atom is 0.410 e. The number of halogens is 1. The summed E-state index contributed by atoms with van der Waals surface area (Å²) in [7, 11) is 1.30. The predicted octanol–water partition coefficient (Wildman–Crippen LogP) is 5.02. The van der Waals surface area contributed by atoms with Crippen molar-refractivity contribution >= 4 is 29.9 Å². The van der Waals surface area contributed by atoms with E-state index in [1.54, 1.807) is 11.0 Å². The van der Waals surface area contributed by atoms with E-state index in [4.69, 9.17) is 21.1 Å². The number of methoxy groups -OCH3 is 1. The number of nitrogens with one attached hydrogen (secondary N) is 1. The first-order valence-electron chi connectivity index (χ1n) is 13.3. The smallest absolute Gasteiger partial charge is 0.410 e. The van der Waals surface area contributed by atoms with E-state index < -0.39 is 24.4 Å². The summed E-state index contributed by atoms with van der Waals surface area (Å²) in [6, 6.07) is 7.46. The molecule has 38 heavy (non-hydrogen) atoms. The molecule has 2 heterocycles. The highest BCUT2D eigenvalue weighted by Crippen LogP contribution is 2.35. The second-order valence-electron chi connectivity index (χ2n) is 10.4. The van der Waals surface area contributed by atoms with Crippen LogP contribution in [0.15, 0.2) is 24.3 Å². The van der Waals surface area contributed by atoms with Crippen LogP contribution in [-0.2, 0) is 14.2 Å². The Morgan fingerprint density at radius 1 is 1.16 bits per heavy atom. The third kappa shape index (κ3) is 8.66. The van der Waals surface area contributed by atoms with Gasteiger partial charge in [-0.25, -0.2) is 14.4 Å². The highest BCUT2D eigenvalue weighted by atomic mass is 35.5. The molecule has 2 fully saturated rings. The molecule has 10 nitrogen and oxygen atoms in total. The minimum atomic E-state index is -0.990. The molecule has 2 aliphatic heterocycles. The lowest BCUT2D eigenvalue weighted by Gasteiger charge is -2.40. The van der Waals surface area contributed by atoms with Crippen LogP contribution in [-0.4, -0.2) is 85.7 Å². The summed E-state index contributed by atoms with van der Waals surface area (Å²) in [5, 5.41) is 12.7. The Morgan fingerprint density at radius 3 is 2.63 bits per heavy atom. The van der Waals surface area contributed by atoms with Crippen molar-refractivity contribution in [1.82, 2.24) is 15.1 Å². The van der Waals surface area contributed by atoms with Crippen molar-refractivity contribution in [3.8, 4) is 0 Å². The number of hydrogen-bond acceptors (Lipinski definition) is 6. The zero-order chi connectivity index (χ0) is 27.7. The first-order valence-corrected chi connectivity index (χ1v) is 13.7.